The summed E-state index contributed by atoms with van der Waals surface area (Å²) in [4.78, 5) is 6.77. The van der Waals surface area contributed by atoms with E-state index in [1.807, 2.05) is 6.92 Å². The van der Waals surface area contributed by atoms with Gasteiger partial charge in [0.05, 0.1) is 17.1 Å². The number of nitrogens with zero attached hydrogens (tertiary/aromatic N) is 2. The number of imidazole rings is 1. The van der Waals surface area contributed by atoms with Gasteiger partial charge in [-0.05, 0) is 26.8 Å². The van der Waals surface area contributed by atoms with Gasteiger partial charge in [0.2, 0.25) is 0 Å². The highest BCUT2D eigenvalue weighted by atomic mass is 32.2. The zero-order valence-corrected chi connectivity index (χ0v) is 13.1. The Morgan fingerprint density at radius 1 is 1.42 bits per heavy atom. The molecule has 0 radical (unpaired) electrons. The van der Waals surface area contributed by atoms with Crippen molar-refractivity contribution in [1.82, 2.24) is 14.7 Å². The Hall–Kier alpha value is -0.920. The Bertz CT molecular complexity index is 671. The molecule has 0 aliphatic heterocycles. The number of hydrogen-bond acceptors (Lipinski definition) is 5. The smallest absolute Gasteiger partial charge is 0.194 e. The molecule has 0 saturated heterocycles. The summed E-state index contributed by atoms with van der Waals surface area (Å²) in [5.74, 6) is 0.234. The molecule has 0 amide bonds. The summed E-state index contributed by atoms with van der Waals surface area (Å²) >= 11 is 1.68. The molecule has 0 aromatic carbocycles. The third-order valence-electron chi connectivity index (χ3n) is 2.90. The fraction of sp³-hybridized carbons (Fsp3) is 0.583. The van der Waals surface area contributed by atoms with Crippen LogP contribution in [0.1, 0.15) is 22.7 Å². The lowest BCUT2D eigenvalue weighted by atomic mass is 10.3. The number of rotatable bonds is 6. The molecule has 0 aliphatic carbocycles. The highest BCUT2D eigenvalue weighted by Gasteiger charge is 2.10. The lowest BCUT2D eigenvalue weighted by molar-refractivity contribution is 0.593. The number of aromatic nitrogens is 2. The van der Waals surface area contributed by atoms with Crippen molar-refractivity contribution >= 4 is 26.1 Å². The molecule has 106 valence electrons. The van der Waals surface area contributed by atoms with Crippen molar-refractivity contribution in [2.24, 2.45) is 0 Å². The molecule has 0 fully saturated rings. The van der Waals surface area contributed by atoms with Gasteiger partial charge in [-0.15, -0.1) is 11.3 Å². The highest BCUT2D eigenvalue weighted by Crippen LogP contribution is 2.20. The number of fused-ring (bicyclic) bond motifs is 1. The molecule has 7 heteroatoms. The molecule has 0 bridgehead atoms. The van der Waals surface area contributed by atoms with E-state index in [0.717, 1.165) is 16.3 Å². The van der Waals surface area contributed by atoms with Crippen LogP contribution in [0.5, 0.6) is 0 Å². The second-order valence-corrected chi connectivity index (χ2v) is 8.27. The molecule has 0 atom stereocenters. The average molecular weight is 301 g/mol. The predicted molar refractivity (Wildman–Crippen MR) is 78.6 cm³/mol. The van der Waals surface area contributed by atoms with Crippen LogP contribution in [0.15, 0.2) is 6.20 Å². The normalized spacial score (nSPS) is 12.4. The average Bonchev–Trinajstić information content (AvgIpc) is 2.74. The second-order valence-electron chi connectivity index (χ2n) is 4.80. The fourth-order valence-electron chi connectivity index (χ4n) is 1.99. The van der Waals surface area contributed by atoms with Crippen molar-refractivity contribution in [3.8, 4) is 0 Å². The van der Waals surface area contributed by atoms with Gasteiger partial charge in [-0.25, -0.2) is 13.4 Å². The van der Waals surface area contributed by atoms with E-state index in [1.54, 1.807) is 11.3 Å². The van der Waals surface area contributed by atoms with Crippen LogP contribution in [-0.2, 0) is 16.4 Å². The quantitative estimate of drug-likeness (QED) is 0.822. The SMILES string of the molecule is Cc1cn2c(CNCCCS(C)(=O)=O)c(C)nc2s1. The first-order valence-electron chi connectivity index (χ1n) is 6.19. The Balaban J connectivity index is 1.92. The van der Waals surface area contributed by atoms with Crippen LogP contribution in [0.4, 0.5) is 0 Å². The largest absolute Gasteiger partial charge is 0.311 e. The highest BCUT2D eigenvalue weighted by molar-refractivity contribution is 7.90. The van der Waals surface area contributed by atoms with Crippen LogP contribution in [0.25, 0.3) is 4.96 Å². The molecular weight excluding hydrogens is 282 g/mol. The number of hydrogen-bond donors (Lipinski definition) is 1. The first-order chi connectivity index (χ1) is 8.87. The van der Waals surface area contributed by atoms with Crippen LogP contribution in [0.3, 0.4) is 0 Å². The summed E-state index contributed by atoms with van der Waals surface area (Å²) in [5.41, 5.74) is 2.18. The topological polar surface area (TPSA) is 63.5 Å². The molecule has 0 spiro atoms. The molecule has 2 aromatic heterocycles. The Morgan fingerprint density at radius 2 is 2.16 bits per heavy atom. The Labute approximate surface area is 117 Å². The maximum atomic E-state index is 11.0. The molecule has 0 aliphatic rings. The lowest BCUT2D eigenvalue weighted by Gasteiger charge is -2.04. The van der Waals surface area contributed by atoms with E-state index >= 15 is 0 Å². The van der Waals surface area contributed by atoms with Crippen molar-refractivity contribution in [1.29, 1.82) is 0 Å². The van der Waals surface area contributed by atoms with Crippen LogP contribution in [-0.4, -0.2) is 36.4 Å². The van der Waals surface area contributed by atoms with Crippen LogP contribution in [0, 0.1) is 13.8 Å². The van der Waals surface area contributed by atoms with Crippen LogP contribution >= 0.6 is 11.3 Å². The fourth-order valence-corrected chi connectivity index (χ4v) is 3.55. The van der Waals surface area contributed by atoms with Crippen molar-refractivity contribution in [3.05, 3.63) is 22.5 Å². The standard InChI is InChI=1S/C12H19N3O2S2/c1-9-8-15-11(10(2)14-12(15)18-9)7-13-5-4-6-19(3,16)17/h8,13H,4-7H2,1-3H3. The molecule has 1 N–H and O–H groups in total. The van der Waals surface area contributed by atoms with E-state index in [4.69, 9.17) is 0 Å². The third-order valence-corrected chi connectivity index (χ3v) is 4.83. The zero-order valence-electron chi connectivity index (χ0n) is 11.4. The first kappa shape index (κ1) is 14.5. The summed E-state index contributed by atoms with van der Waals surface area (Å²) < 4.78 is 24.1. The van der Waals surface area contributed by atoms with Gasteiger partial charge >= 0.3 is 0 Å². The summed E-state index contributed by atoms with van der Waals surface area (Å²) in [7, 11) is -2.85. The lowest BCUT2D eigenvalue weighted by Crippen LogP contribution is -2.19. The van der Waals surface area contributed by atoms with E-state index in [9.17, 15) is 8.42 Å². The molecule has 0 saturated carbocycles. The monoisotopic (exact) mass is 301 g/mol. The van der Waals surface area contributed by atoms with E-state index < -0.39 is 9.84 Å². The third kappa shape index (κ3) is 3.77. The number of thiazole rings is 1. The molecule has 2 rings (SSSR count). The summed E-state index contributed by atoms with van der Waals surface area (Å²) in [6.45, 7) is 5.48. The second kappa shape index (κ2) is 5.60. The zero-order chi connectivity index (χ0) is 14.0. The minimum atomic E-state index is -2.85. The number of sulfone groups is 1. The Kier molecular flexibility index (Phi) is 4.27. The van der Waals surface area contributed by atoms with Crippen molar-refractivity contribution < 1.29 is 8.42 Å². The minimum Gasteiger partial charge on any atom is -0.311 e. The molecular formula is C12H19N3O2S2. The van der Waals surface area contributed by atoms with E-state index in [1.165, 1.54) is 11.1 Å². The molecule has 5 nitrogen and oxygen atoms in total. The number of nitrogens with one attached hydrogen (secondary N) is 1. The van der Waals surface area contributed by atoms with E-state index in [-0.39, 0.29) is 5.75 Å². The van der Waals surface area contributed by atoms with Gasteiger partial charge in [-0.1, -0.05) is 0 Å². The van der Waals surface area contributed by atoms with Gasteiger partial charge in [-0.3, -0.25) is 4.40 Å². The minimum absolute atomic E-state index is 0.234. The van der Waals surface area contributed by atoms with Crippen molar-refractivity contribution in [3.63, 3.8) is 0 Å². The van der Waals surface area contributed by atoms with Gasteiger partial charge in [0.25, 0.3) is 0 Å². The van der Waals surface area contributed by atoms with Gasteiger partial charge in [0, 0.05) is 23.9 Å². The Morgan fingerprint density at radius 3 is 2.84 bits per heavy atom. The van der Waals surface area contributed by atoms with E-state index in [0.29, 0.717) is 19.5 Å². The van der Waals surface area contributed by atoms with Crippen molar-refractivity contribution in [2.75, 3.05) is 18.6 Å². The molecule has 0 unspecified atom stereocenters. The first-order valence-corrected chi connectivity index (χ1v) is 9.07. The van der Waals surface area contributed by atoms with E-state index in [2.05, 4.69) is 27.8 Å². The van der Waals surface area contributed by atoms with Gasteiger partial charge in [-0.2, -0.15) is 0 Å². The maximum absolute atomic E-state index is 11.0. The molecule has 2 aromatic rings. The van der Waals surface area contributed by atoms with Crippen LogP contribution < -0.4 is 5.32 Å². The van der Waals surface area contributed by atoms with Gasteiger partial charge in [0.15, 0.2) is 4.96 Å². The van der Waals surface area contributed by atoms with Crippen molar-refractivity contribution in [2.45, 2.75) is 26.8 Å². The molecule has 2 heterocycles. The van der Waals surface area contributed by atoms with Gasteiger partial charge < -0.3 is 5.32 Å². The summed E-state index contributed by atoms with van der Waals surface area (Å²) in [5, 5.41) is 3.28. The summed E-state index contributed by atoms with van der Waals surface area (Å²) in [6.07, 6.45) is 4.00. The van der Waals surface area contributed by atoms with Crippen LogP contribution in [0.2, 0.25) is 0 Å². The number of aryl methyl sites for hydroxylation is 2. The van der Waals surface area contributed by atoms with Gasteiger partial charge in [0.1, 0.15) is 9.84 Å². The summed E-state index contributed by atoms with van der Waals surface area (Å²) in [6, 6.07) is 0. The molecule has 19 heavy (non-hydrogen) atoms. The predicted octanol–water partition coefficient (Wildman–Crippen LogP) is 1.54. The maximum Gasteiger partial charge on any atom is 0.194 e.